The number of likely N-dealkylation sites (tertiary alicyclic amines) is 1. The van der Waals surface area contributed by atoms with Crippen molar-refractivity contribution in [2.75, 3.05) is 32.0 Å². The number of aryl methyl sites for hydroxylation is 1. The minimum Gasteiger partial charge on any atom is -0.444 e. The predicted octanol–water partition coefficient (Wildman–Crippen LogP) is 4.26. The second-order valence-electron chi connectivity index (χ2n) is 10.1. The molecule has 1 fully saturated rings. The van der Waals surface area contributed by atoms with Crippen LogP contribution in [0.4, 0.5) is 15.0 Å². The van der Waals surface area contributed by atoms with Crippen molar-refractivity contribution in [2.24, 2.45) is 0 Å². The monoisotopic (exact) mass is 531 g/mol. The van der Waals surface area contributed by atoms with Crippen molar-refractivity contribution in [3.05, 3.63) is 41.1 Å². The van der Waals surface area contributed by atoms with Crippen molar-refractivity contribution in [1.82, 2.24) is 29.6 Å². The molecule has 0 radical (unpaired) electrons. The number of rotatable bonds is 5. The Kier molecular flexibility index (Phi) is 7.27. The van der Waals surface area contributed by atoms with Crippen molar-refractivity contribution >= 4 is 35.1 Å². The topological polar surface area (TPSA) is 114 Å². The molecule has 4 rings (SSSR count). The van der Waals surface area contributed by atoms with E-state index in [9.17, 15) is 9.59 Å². The molecular formula is C25H31ClFN7O3. The molecule has 0 atom stereocenters. The van der Waals surface area contributed by atoms with Crippen LogP contribution in [0.15, 0.2) is 24.5 Å². The number of amides is 2. The van der Waals surface area contributed by atoms with Crippen molar-refractivity contribution in [2.45, 2.75) is 51.8 Å². The molecule has 0 aliphatic carbocycles. The predicted molar refractivity (Wildman–Crippen MR) is 139 cm³/mol. The van der Waals surface area contributed by atoms with Crippen LogP contribution >= 0.6 is 11.6 Å². The van der Waals surface area contributed by atoms with E-state index >= 15 is 4.39 Å². The number of piperidine rings is 1. The van der Waals surface area contributed by atoms with E-state index < -0.39 is 17.4 Å². The Morgan fingerprint density at radius 1 is 1.24 bits per heavy atom. The smallest absolute Gasteiger partial charge is 0.410 e. The number of halogens is 2. The van der Waals surface area contributed by atoms with E-state index in [2.05, 4.69) is 25.6 Å². The van der Waals surface area contributed by atoms with Gasteiger partial charge in [0.05, 0.1) is 17.9 Å². The van der Waals surface area contributed by atoms with Crippen LogP contribution in [-0.4, -0.2) is 74.2 Å². The molecule has 0 spiro atoms. The van der Waals surface area contributed by atoms with Gasteiger partial charge in [-0.25, -0.2) is 24.1 Å². The summed E-state index contributed by atoms with van der Waals surface area (Å²) in [4.78, 5) is 39.5. The first kappa shape index (κ1) is 26.6. The molecule has 1 saturated heterocycles. The van der Waals surface area contributed by atoms with Crippen LogP contribution in [-0.2, 0) is 4.74 Å². The van der Waals surface area contributed by atoms with Crippen molar-refractivity contribution in [3.8, 4) is 11.3 Å². The Hall–Kier alpha value is -3.47. The van der Waals surface area contributed by atoms with Crippen molar-refractivity contribution in [1.29, 1.82) is 0 Å². The first-order valence-electron chi connectivity index (χ1n) is 12.0. The lowest BCUT2D eigenvalue weighted by atomic mass is 9.93. The highest BCUT2D eigenvalue weighted by molar-refractivity contribution is 6.29. The number of nitrogens with zero attached hydrogens (tertiary/aromatic N) is 5. The zero-order valence-corrected chi connectivity index (χ0v) is 22.3. The van der Waals surface area contributed by atoms with E-state index in [1.165, 1.54) is 11.9 Å². The summed E-state index contributed by atoms with van der Waals surface area (Å²) < 4.78 is 23.0. The van der Waals surface area contributed by atoms with Crippen LogP contribution in [0.5, 0.6) is 0 Å². The molecular weight excluding hydrogens is 501 g/mol. The maximum Gasteiger partial charge on any atom is 0.410 e. The number of carbonyl (C=O) groups is 2. The molecule has 3 aromatic rings. The lowest BCUT2D eigenvalue weighted by Crippen LogP contribution is -2.48. The second-order valence-corrected chi connectivity index (χ2v) is 10.5. The van der Waals surface area contributed by atoms with E-state index in [0.717, 1.165) is 0 Å². The summed E-state index contributed by atoms with van der Waals surface area (Å²) in [6.45, 7) is 7.62. The zero-order chi connectivity index (χ0) is 27.0. The van der Waals surface area contributed by atoms with Gasteiger partial charge in [0.1, 0.15) is 22.1 Å². The highest BCUT2D eigenvalue weighted by atomic mass is 35.5. The molecule has 1 aliphatic heterocycles. The quantitative estimate of drug-likeness (QED) is 0.473. The molecule has 0 aromatic carbocycles. The molecule has 4 heterocycles. The van der Waals surface area contributed by atoms with Crippen LogP contribution < -0.4 is 10.6 Å². The van der Waals surface area contributed by atoms with Crippen molar-refractivity contribution < 1.29 is 18.7 Å². The largest absolute Gasteiger partial charge is 0.444 e. The summed E-state index contributed by atoms with van der Waals surface area (Å²) >= 11 is 6.09. The summed E-state index contributed by atoms with van der Waals surface area (Å²) in [6.07, 6.45) is 3.18. The molecule has 37 heavy (non-hydrogen) atoms. The minimum atomic E-state index is -1.57. The second kappa shape index (κ2) is 10.1. The number of ether oxygens (including phenoxy) is 1. The van der Waals surface area contributed by atoms with Gasteiger partial charge in [-0.3, -0.25) is 9.20 Å². The van der Waals surface area contributed by atoms with E-state index in [1.54, 1.807) is 56.6 Å². The number of nitrogens with one attached hydrogen (secondary N) is 2. The Balaban J connectivity index is 1.60. The minimum absolute atomic E-state index is 0.0421. The first-order valence-corrected chi connectivity index (χ1v) is 12.4. The summed E-state index contributed by atoms with van der Waals surface area (Å²) in [7, 11) is 1.53. The maximum absolute atomic E-state index is 15.8. The molecule has 3 aromatic heterocycles. The van der Waals surface area contributed by atoms with E-state index in [4.69, 9.17) is 16.3 Å². The fourth-order valence-corrected chi connectivity index (χ4v) is 4.32. The van der Waals surface area contributed by atoms with Gasteiger partial charge in [-0.05, 0) is 39.8 Å². The first-order chi connectivity index (χ1) is 17.4. The number of hydrogen-bond donors (Lipinski definition) is 2. The third-order valence-corrected chi connectivity index (χ3v) is 6.40. The summed E-state index contributed by atoms with van der Waals surface area (Å²) in [5.74, 6) is -0.00702. The molecule has 2 amide bonds. The number of pyridine rings is 1. The number of fused-ring (bicyclic) bond motifs is 1. The molecule has 2 N–H and O–H groups in total. The van der Waals surface area contributed by atoms with Crippen molar-refractivity contribution in [3.63, 3.8) is 0 Å². The van der Waals surface area contributed by atoms with Gasteiger partial charge in [0.2, 0.25) is 0 Å². The van der Waals surface area contributed by atoms with Gasteiger partial charge in [0, 0.05) is 50.9 Å². The third kappa shape index (κ3) is 5.93. The molecule has 0 saturated carbocycles. The van der Waals surface area contributed by atoms with Crippen LogP contribution in [0.3, 0.4) is 0 Å². The van der Waals surface area contributed by atoms with E-state index in [-0.39, 0.29) is 44.1 Å². The summed E-state index contributed by atoms with van der Waals surface area (Å²) in [5, 5.41) is 6.01. The van der Waals surface area contributed by atoms with Gasteiger partial charge >= 0.3 is 6.09 Å². The Labute approximate surface area is 219 Å². The Morgan fingerprint density at radius 3 is 2.57 bits per heavy atom. The fourth-order valence-electron chi connectivity index (χ4n) is 4.15. The average molecular weight is 532 g/mol. The molecule has 10 nitrogen and oxygen atoms in total. The number of carbonyl (C=O) groups excluding carboxylic acids is 2. The molecule has 0 bridgehead atoms. The third-order valence-electron chi connectivity index (χ3n) is 6.19. The van der Waals surface area contributed by atoms with Gasteiger partial charge in [0.25, 0.3) is 5.91 Å². The summed E-state index contributed by atoms with van der Waals surface area (Å²) in [6, 6.07) is 3.44. The van der Waals surface area contributed by atoms with E-state index in [1.807, 2.05) is 0 Å². The fraction of sp³-hybridized carbons (Fsp3) is 0.480. The zero-order valence-electron chi connectivity index (χ0n) is 21.6. The normalized spacial score (nSPS) is 15.5. The van der Waals surface area contributed by atoms with E-state index in [0.29, 0.717) is 33.6 Å². The van der Waals surface area contributed by atoms with Crippen LogP contribution in [0.1, 0.15) is 49.8 Å². The average Bonchev–Trinajstić information content (AvgIpc) is 3.18. The highest BCUT2D eigenvalue weighted by Crippen LogP contribution is 2.30. The molecule has 1 aliphatic rings. The Morgan fingerprint density at radius 2 is 1.95 bits per heavy atom. The van der Waals surface area contributed by atoms with Gasteiger partial charge in [-0.2, -0.15) is 0 Å². The number of imidazole rings is 1. The van der Waals surface area contributed by atoms with Gasteiger partial charge in [-0.15, -0.1) is 0 Å². The number of alkyl halides is 1. The summed E-state index contributed by atoms with van der Waals surface area (Å²) in [5.41, 5.74) is 0.337. The Bertz CT molecular complexity index is 1330. The number of anilines is 1. The van der Waals surface area contributed by atoms with Crippen LogP contribution in [0.25, 0.3) is 16.9 Å². The van der Waals surface area contributed by atoms with Gasteiger partial charge in [-0.1, -0.05) is 11.6 Å². The SMILES string of the molecule is CNC(=O)c1nc2c(NCC3(F)CCN(C(=O)OC(C)(C)C)CC3)nc(-c3ccnc(Cl)c3)cn2c1C. The number of aromatic nitrogens is 4. The standard InChI is InChI=1S/C25H31ClFN7O3/c1-15-19(22(35)28-5)32-21-20(31-17(13-34(15)21)16-6-9-29-18(26)12-16)30-14-25(27)7-10-33(11-8-25)23(36)37-24(2,3)4/h6,9,12-13H,7-8,10-11,14H2,1-5H3,(H,28,35)(H,30,31). The molecule has 12 heteroatoms. The van der Waals surface area contributed by atoms with Crippen LogP contribution in [0.2, 0.25) is 5.15 Å². The lowest BCUT2D eigenvalue weighted by Gasteiger charge is -2.37. The maximum atomic E-state index is 15.8. The highest BCUT2D eigenvalue weighted by Gasteiger charge is 2.37. The van der Waals surface area contributed by atoms with Gasteiger partial charge < -0.3 is 20.3 Å². The molecule has 0 unspecified atom stereocenters. The molecule has 198 valence electrons. The number of hydrogen-bond acceptors (Lipinski definition) is 7. The van der Waals surface area contributed by atoms with Gasteiger partial charge in [0.15, 0.2) is 11.5 Å². The van der Waals surface area contributed by atoms with Crippen LogP contribution in [0, 0.1) is 6.92 Å². The lowest BCUT2D eigenvalue weighted by molar-refractivity contribution is 0.00574.